The molecule has 2 aromatic heterocycles. The van der Waals surface area contributed by atoms with E-state index < -0.39 is 0 Å². The van der Waals surface area contributed by atoms with Crippen LogP contribution in [-0.4, -0.2) is 4.98 Å². The highest BCUT2D eigenvalue weighted by Crippen LogP contribution is 2.27. The van der Waals surface area contributed by atoms with Crippen molar-refractivity contribution >= 4 is 21.9 Å². The molecule has 22 heavy (non-hydrogen) atoms. The number of hydrogen-bond donors (Lipinski definition) is 0. The van der Waals surface area contributed by atoms with Gasteiger partial charge in [0.15, 0.2) is 0 Å². The minimum Gasteiger partial charge on any atom is -0.463 e. The number of pyridine rings is 1. The summed E-state index contributed by atoms with van der Waals surface area (Å²) in [6.07, 6.45) is 1.55. The lowest BCUT2D eigenvalue weighted by atomic mass is 10.0. The first-order valence-corrected chi connectivity index (χ1v) is 7.11. The van der Waals surface area contributed by atoms with Crippen molar-refractivity contribution in [1.82, 2.24) is 4.98 Å². The van der Waals surface area contributed by atoms with E-state index >= 15 is 0 Å². The smallest absolute Gasteiger partial charge is 0.200 e. The zero-order valence-corrected chi connectivity index (χ0v) is 12.0. The van der Waals surface area contributed by atoms with Gasteiger partial charge in [-0.2, -0.15) is 0 Å². The quantitative estimate of drug-likeness (QED) is 0.523. The second kappa shape index (κ2) is 4.81. The normalized spacial score (nSPS) is 11.1. The van der Waals surface area contributed by atoms with Gasteiger partial charge in [0.2, 0.25) is 5.43 Å². The summed E-state index contributed by atoms with van der Waals surface area (Å²) < 4.78 is 5.65. The van der Waals surface area contributed by atoms with E-state index in [2.05, 4.69) is 4.98 Å². The standard InChI is InChI=1S/C19H13NO2/c1-12-10-15(13-6-2-4-8-17(13)20-12)16-11-22-18-9-5-3-7-14(18)19(16)21/h2-11H,1H3. The second-order valence-corrected chi connectivity index (χ2v) is 5.30. The average Bonchev–Trinajstić information content (AvgIpc) is 2.55. The number of fused-ring (bicyclic) bond motifs is 2. The summed E-state index contributed by atoms with van der Waals surface area (Å²) in [4.78, 5) is 17.3. The van der Waals surface area contributed by atoms with E-state index in [0.717, 1.165) is 22.2 Å². The van der Waals surface area contributed by atoms with Crippen LogP contribution in [0.2, 0.25) is 0 Å². The number of rotatable bonds is 1. The molecule has 0 unspecified atom stereocenters. The van der Waals surface area contributed by atoms with Crippen molar-refractivity contribution in [3.8, 4) is 11.1 Å². The molecule has 0 aliphatic carbocycles. The second-order valence-electron chi connectivity index (χ2n) is 5.30. The molecule has 3 nitrogen and oxygen atoms in total. The third-order valence-corrected chi connectivity index (χ3v) is 3.81. The minimum absolute atomic E-state index is 0.0161. The molecule has 0 radical (unpaired) electrons. The summed E-state index contributed by atoms with van der Waals surface area (Å²) in [6, 6.07) is 17.1. The Hall–Kier alpha value is -2.94. The fraction of sp³-hybridized carbons (Fsp3) is 0.0526. The Morgan fingerprint density at radius 1 is 0.909 bits per heavy atom. The van der Waals surface area contributed by atoms with Gasteiger partial charge >= 0.3 is 0 Å². The van der Waals surface area contributed by atoms with Crippen LogP contribution in [0.3, 0.4) is 0 Å². The monoisotopic (exact) mass is 287 g/mol. The molecule has 4 aromatic rings. The van der Waals surface area contributed by atoms with Crippen molar-refractivity contribution in [3.63, 3.8) is 0 Å². The van der Waals surface area contributed by atoms with Crippen LogP contribution in [0.4, 0.5) is 0 Å². The van der Waals surface area contributed by atoms with Crippen LogP contribution >= 0.6 is 0 Å². The first-order chi connectivity index (χ1) is 10.7. The molecule has 2 aromatic carbocycles. The van der Waals surface area contributed by atoms with Crippen LogP contribution in [0.15, 0.2) is 70.1 Å². The Balaban J connectivity index is 2.12. The van der Waals surface area contributed by atoms with Gasteiger partial charge in [-0.25, -0.2) is 0 Å². The van der Waals surface area contributed by atoms with Gasteiger partial charge in [-0.3, -0.25) is 9.78 Å². The van der Waals surface area contributed by atoms with Gasteiger partial charge < -0.3 is 4.42 Å². The van der Waals surface area contributed by atoms with Crippen LogP contribution in [-0.2, 0) is 0 Å². The Kier molecular flexibility index (Phi) is 2.79. The van der Waals surface area contributed by atoms with Crippen molar-refractivity contribution in [2.75, 3.05) is 0 Å². The van der Waals surface area contributed by atoms with Crippen LogP contribution in [0, 0.1) is 6.92 Å². The van der Waals surface area contributed by atoms with Crippen LogP contribution in [0.1, 0.15) is 5.69 Å². The summed E-state index contributed by atoms with van der Waals surface area (Å²) in [7, 11) is 0. The first kappa shape index (κ1) is 12.8. The van der Waals surface area contributed by atoms with E-state index in [1.807, 2.05) is 49.4 Å². The molecule has 106 valence electrons. The van der Waals surface area contributed by atoms with Crippen molar-refractivity contribution in [2.24, 2.45) is 0 Å². The lowest BCUT2D eigenvalue weighted by Gasteiger charge is -2.08. The molecule has 0 aliphatic heterocycles. The molecule has 0 atom stereocenters. The topological polar surface area (TPSA) is 43.1 Å². The summed E-state index contributed by atoms with van der Waals surface area (Å²) in [5, 5.41) is 1.55. The number of benzene rings is 2. The van der Waals surface area contributed by atoms with Gasteiger partial charge in [-0.05, 0) is 36.8 Å². The maximum absolute atomic E-state index is 12.8. The summed E-state index contributed by atoms with van der Waals surface area (Å²) in [5.41, 5.74) is 3.78. The molecule has 0 spiro atoms. The fourth-order valence-corrected chi connectivity index (χ4v) is 2.79. The first-order valence-electron chi connectivity index (χ1n) is 7.11. The molecule has 0 bridgehead atoms. The van der Waals surface area contributed by atoms with E-state index in [-0.39, 0.29) is 5.43 Å². The lowest BCUT2D eigenvalue weighted by molar-refractivity contribution is 0.604. The summed E-state index contributed by atoms with van der Waals surface area (Å²) in [5.74, 6) is 0. The van der Waals surface area contributed by atoms with E-state index in [1.165, 1.54) is 0 Å². The van der Waals surface area contributed by atoms with Gasteiger partial charge in [0.25, 0.3) is 0 Å². The molecule has 4 rings (SSSR count). The number of aryl methyl sites for hydroxylation is 1. The Morgan fingerprint density at radius 2 is 1.64 bits per heavy atom. The summed E-state index contributed by atoms with van der Waals surface area (Å²) >= 11 is 0. The maximum atomic E-state index is 12.8. The molecular weight excluding hydrogens is 274 g/mol. The molecule has 3 heteroatoms. The van der Waals surface area contributed by atoms with Gasteiger partial charge in [-0.15, -0.1) is 0 Å². The van der Waals surface area contributed by atoms with E-state index in [9.17, 15) is 4.79 Å². The molecule has 2 heterocycles. The number of hydrogen-bond acceptors (Lipinski definition) is 3. The Labute approximate surface area is 126 Å². The predicted octanol–water partition coefficient (Wildman–Crippen LogP) is 4.32. The average molecular weight is 287 g/mol. The minimum atomic E-state index is -0.0161. The molecule has 0 aliphatic rings. The van der Waals surface area contributed by atoms with Crippen LogP contribution in [0.5, 0.6) is 0 Å². The Bertz CT molecular complexity index is 1060. The molecule has 0 saturated heterocycles. The molecule has 0 N–H and O–H groups in total. The summed E-state index contributed by atoms with van der Waals surface area (Å²) in [6.45, 7) is 1.93. The third kappa shape index (κ3) is 1.91. The third-order valence-electron chi connectivity index (χ3n) is 3.81. The highest BCUT2D eigenvalue weighted by atomic mass is 16.3. The van der Waals surface area contributed by atoms with Crippen molar-refractivity contribution < 1.29 is 4.42 Å². The van der Waals surface area contributed by atoms with Crippen LogP contribution in [0.25, 0.3) is 33.0 Å². The van der Waals surface area contributed by atoms with Gasteiger partial charge in [-0.1, -0.05) is 30.3 Å². The maximum Gasteiger partial charge on any atom is 0.200 e. The zero-order valence-electron chi connectivity index (χ0n) is 12.0. The molecule has 0 saturated carbocycles. The number of nitrogens with zero attached hydrogens (tertiary/aromatic N) is 1. The van der Waals surface area contributed by atoms with Crippen molar-refractivity contribution in [3.05, 3.63) is 76.8 Å². The van der Waals surface area contributed by atoms with E-state index in [0.29, 0.717) is 16.5 Å². The van der Waals surface area contributed by atoms with Gasteiger partial charge in [0.05, 0.1) is 16.5 Å². The number of para-hydroxylation sites is 2. The molecule has 0 fully saturated rings. The van der Waals surface area contributed by atoms with Gasteiger partial charge in [0, 0.05) is 11.1 Å². The lowest BCUT2D eigenvalue weighted by Crippen LogP contribution is -2.05. The Morgan fingerprint density at radius 3 is 2.50 bits per heavy atom. The van der Waals surface area contributed by atoms with Crippen molar-refractivity contribution in [1.29, 1.82) is 0 Å². The SMILES string of the molecule is Cc1cc(-c2coc3ccccc3c2=O)c2ccccc2n1. The zero-order chi connectivity index (χ0) is 15.1. The van der Waals surface area contributed by atoms with Gasteiger partial charge in [0.1, 0.15) is 11.8 Å². The molecule has 0 amide bonds. The number of aromatic nitrogens is 1. The van der Waals surface area contributed by atoms with Crippen molar-refractivity contribution in [2.45, 2.75) is 6.92 Å². The predicted molar refractivity (Wildman–Crippen MR) is 88.0 cm³/mol. The molecular formula is C19H13NO2. The van der Waals surface area contributed by atoms with E-state index in [4.69, 9.17) is 4.42 Å². The van der Waals surface area contributed by atoms with Crippen LogP contribution < -0.4 is 5.43 Å². The highest BCUT2D eigenvalue weighted by Gasteiger charge is 2.12. The largest absolute Gasteiger partial charge is 0.463 e. The fourth-order valence-electron chi connectivity index (χ4n) is 2.79. The highest BCUT2D eigenvalue weighted by molar-refractivity contribution is 5.96. The van der Waals surface area contributed by atoms with E-state index in [1.54, 1.807) is 18.4 Å².